The van der Waals surface area contributed by atoms with Gasteiger partial charge in [0.1, 0.15) is 36.3 Å². The lowest BCUT2D eigenvalue weighted by molar-refractivity contribution is -0.149. The zero-order valence-corrected chi connectivity index (χ0v) is 32.4. The number of nitrogens with zero attached hydrogens (tertiary/aromatic N) is 4. The zero-order valence-electron chi connectivity index (χ0n) is 32.4. The van der Waals surface area contributed by atoms with Crippen LogP contribution in [0.1, 0.15) is 48.4 Å². The molecule has 57 heavy (non-hydrogen) atoms. The van der Waals surface area contributed by atoms with Crippen molar-refractivity contribution in [1.82, 2.24) is 9.80 Å². The number of piperidine rings is 1. The molecule has 4 fully saturated rings. The first-order chi connectivity index (χ1) is 27.8. The van der Waals surface area contributed by atoms with E-state index in [-0.39, 0.29) is 31.0 Å². The standard InChI is InChI=1S/C45H50F2N4O6/c1-54-41-28-38(49-18-14-32(15-19-49)29-48-20-22-50(23-21-48)44(53)57-31-34-10-6-3-7-11-34)37(47)27-36(41)42-45(16-24-55-25-17-45)43(52)51(42)39-26-35(46)12-13-40(39)56-30-33-8-4-2-5-9-33/h2-13,26-28,32,42H,14-25,29-31H2,1H3/t42-/m0/s1. The maximum atomic E-state index is 16.5. The summed E-state index contributed by atoms with van der Waals surface area (Å²) in [7, 11) is 1.56. The third-order valence-electron chi connectivity index (χ3n) is 12.1. The largest absolute Gasteiger partial charge is 0.496 e. The topological polar surface area (TPSA) is 84.0 Å². The second-order valence-corrected chi connectivity index (χ2v) is 15.5. The Hall–Kier alpha value is -5.20. The van der Waals surface area contributed by atoms with Crippen molar-refractivity contribution in [2.24, 2.45) is 11.3 Å². The van der Waals surface area contributed by atoms with E-state index in [0.29, 0.717) is 86.6 Å². The molecule has 8 rings (SSSR count). The minimum Gasteiger partial charge on any atom is -0.496 e. The lowest BCUT2D eigenvalue weighted by Gasteiger charge is -2.58. The maximum Gasteiger partial charge on any atom is 0.410 e. The fourth-order valence-electron chi connectivity index (χ4n) is 8.94. The van der Waals surface area contributed by atoms with Crippen molar-refractivity contribution in [3.8, 4) is 11.5 Å². The van der Waals surface area contributed by atoms with Gasteiger partial charge < -0.3 is 28.7 Å². The van der Waals surface area contributed by atoms with E-state index in [4.69, 9.17) is 18.9 Å². The molecule has 4 aromatic carbocycles. The molecule has 4 aliphatic heterocycles. The van der Waals surface area contributed by atoms with Gasteiger partial charge in [-0.05, 0) is 60.9 Å². The molecular weight excluding hydrogens is 731 g/mol. The van der Waals surface area contributed by atoms with Crippen LogP contribution in [-0.4, -0.2) is 87.9 Å². The van der Waals surface area contributed by atoms with Crippen molar-refractivity contribution in [2.45, 2.75) is 44.9 Å². The van der Waals surface area contributed by atoms with Crippen LogP contribution in [-0.2, 0) is 27.5 Å². The number of halogens is 2. The molecule has 0 saturated carbocycles. The Balaban J connectivity index is 0.938. The van der Waals surface area contributed by atoms with Crippen LogP contribution in [0.15, 0.2) is 91.0 Å². The molecule has 12 heteroatoms. The summed E-state index contributed by atoms with van der Waals surface area (Å²) < 4.78 is 54.8. The van der Waals surface area contributed by atoms with Gasteiger partial charge in [-0.25, -0.2) is 13.6 Å². The highest BCUT2D eigenvalue weighted by Crippen LogP contribution is 2.60. The number of benzene rings is 4. The van der Waals surface area contributed by atoms with Crippen molar-refractivity contribution in [2.75, 3.05) is 75.9 Å². The highest BCUT2D eigenvalue weighted by molar-refractivity contribution is 6.07. The molecule has 1 spiro atoms. The SMILES string of the molecule is COc1cc(N2CCC(CN3CCN(C(=O)OCc4ccccc4)CC3)CC2)c(F)cc1[C@@H]1N(c2cc(F)ccc2OCc2ccccc2)C(=O)C12CCOCC2. The molecule has 4 aromatic rings. The fourth-order valence-corrected chi connectivity index (χ4v) is 8.94. The Morgan fingerprint density at radius 1 is 0.789 bits per heavy atom. The van der Waals surface area contributed by atoms with Gasteiger partial charge in [-0.15, -0.1) is 0 Å². The molecule has 2 amide bonds. The first-order valence-corrected chi connectivity index (χ1v) is 20.0. The molecule has 0 radical (unpaired) electrons. The first kappa shape index (κ1) is 38.7. The number of piperazine rings is 1. The van der Waals surface area contributed by atoms with Crippen LogP contribution in [0.5, 0.6) is 11.5 Å². The Labute approximate surface area is 332 Å². The summed E-state index contributed by atoms with van der Waals surface area (Å²) in [5, 5.41) is 0. The molecule has 1 atom stereocenters. The number of rotatable bonds is 11. The van der Waals surface area contributed by atoms with Gasteiger partial charge in [0, 0.05) is 76.7 Å². The van der Waals surface area contributed by atoms with E-state index >= 15 is 4.39 Å². The summed E-state index contributed by atoms with van der Waals surface area (Å²) in [5.74, 6) is 0.238. The van der Waals surface area contributed by atoms with Gasteiger partial charge in [-0.1, -0.05) is 60.7 Å². The fraction of sp³-hybridized carbons (Fsp3) is 0.422. The van der Waals surface area contributed by atoms with E-state index < -0.39 is 17.3 Å². The minimum atomic E-state index is -0.852. The first-order valence-electron chi connectivity index (χ1n) is 20.0. The van der Waals surface area contributed by atoms with Crippen molar-refractivity contribution in [3.05, 3.63) is 119 Å². The van der Waals surface area contributed by atoms with Gasteiger partial charge in [-0.3, -0.25) is 14.6 Å². The van der Waals surface area contributed by atoms with Crippen molar-refractivity contribution >= 4 is 23.4 Å². The number of methoxy groups -OCH3 is 1. The molecule has 300 valence electrons. The minimum absolute atomic E-state index is 0.163. The Morgan fingerprint density at radius 3 is 2.12 bits per heavy atom. The number of amides is 2. The van der Waals surface area contributed by atoms with Gasteiger partial charge >= 0.3 is 6.09 Å². The highest BCUT2D eigenvalue weighted by atomic mass is 19.1. The molecule has 0 unspecified atom stereocenters. The number of β-lactam (4-membered cyclic amide) rings is 1. The van der Waals surface area contributed by atoms with Crippen LogP contribution in [0, 0.1) is 23.0 Å². The molecule has 0 aromatic heterocycles. The Morgan fingerprint density at radius 2 is 1.46 bits per heavy atom. The van der Waals surface area contributed by atoms with Gasteiger partial charge in [-0.2, -0.15) is 0 Å². The summed E-state index contributed by atoms with van der Waals surface area (Å²) in [6.07, 6.45) is 2.44. The lowest BCUT2D eigenvalue weighted by atomic mass is 9.62. The number of ether oxygens (including phenoxy) is 4. The van der Waals surface area contributed by atoms with Crippen LogP contribution in [0.25, 0.3) is 0 Å². The van der Waals surface area contributed by atoms with Crippen LogP contribution < -0.4 is 19.3 Å². The number of carbonyl (C=O) groups is 2. The predicted octanol–water partition coefficient (Wildman–Crippen LogP) is 7.61. The van der Waals surface area contributed by atoms with Crippen LogP contribution >= 0.6 is 0 Å². The molecule has 4 heterocycles. The van der Waals surface area contributed by atoms with E-state index in [2.05, 4.69) is 9.80 Å². The zero-order chi connectivity index (χ0) is 39.4. The summed E-state index contributed by atoms with van der Waals surface area (Å²) in [5.41, 5.74) is 2.35. The highest BCUT2D eigenvalue weighted by Gasteiger charge is 2.63. The normalized spacial score (nSPS) is 20.0. The van der Waals surface area contributed by atoms with Gasteiger partial charge in [0.25, 0.3) is 0 Å². The summed E-state index contributed by atoms with van der Waals surface area (Å²) in [6.45, 7) is 6.44. The van der Waals surface area contributed by atoms with E-state index in [0.717, 1.165) is 43.6 Å². The Bertz CT molecular complexity index is 2020. The number of hydrogen-bond acceptors (Lipinski definition) is 8. The second-order valence-electron chi connectivity index (χ2n) is 15.5. The van der Waals surface area contributed by atoms with E-state index in [1.807, 2.05) is 60.7 Å². The third kappa shape index (κ3) is 8.15. The van der Waals surface area contributed by atoms with E-state index in [9.17, 15) is 14.0 Å². The summed E-state index contributed by atoms with van der Waals surface area (Å²) >= 11 is 0. The molecule has 0 aliphatic carbocycles. The lowest BCUT2D eigenvalue weighted by Crippen LogP contribution is -2.65. The maximum absolute atomic E-state index is 16.5. The molecule has 0 bridgehead atoms. The van der Waals surface area contributed by atoms with Crippen LogP contribution in [0.3, 0.4) is 0 Å². The predicted molar refractivity (Wildman–Crippen MR) is 212 cm³/mol. The molecule has 0 N–H and O–H groups in total. The van der Waals surface area contributed by atoms with Crippen molar-refractivity contribution in [1.29, 1.82) is 0 Å². The smallest absolute Gasteiger partial charge is 0.410 e. The number of carbonyl (C=O) groups excluding carboxylic acids is 2. The summed E-state index contributed by atoms with van der Waals surface area (Å²) in [4.78, 5) is 34.8. The van der Waals surface area contributed by atoms with Crippen molar-refractivity contribution in [3.63, 3.8) is 0 Å². The monoisotopic (exact) mass is 780 g/mol. The molecule has 10 nitrogen and oxygen atoms in total. The van der Waals surface area contributed by atoms with Gasteiger partial charge in [0.2, 0.25) is 5.91 Å². The van der Waals surface area contributed by atoms with Crippen LogP contribution in [0.4, 0.5) is 25.0 Å². The molecule has 4 saturated heterocycles. The van der Waals surface area contributed by atoms with Crippen molar-refractivity contribution < 1.29 is 37.3 Å². The van der Waals surface area contributed by atoms with Gasteiger partial charge in [0.15, 0.2) is 0 Å². The number of hydrogen-bond donors (Lipinski definition) is 0. The second kappa shape index (κ2) is 17.1. The van der Waals surface area contributed by atoms with E-state index in [1.165, 1.54) is 18.2 Å². The molecular formula is C45H50F2N4O6. The average molecular weight is 781 g/mol. The average Bonchev–Trinajstić information content (AvgIpc) is 3.25. The third-order valence-corrected chi connectivity index (χ3v) is 12.1. The van der Waals surface area contributed by atoms with Gasteiger partial charge in [0.05, 0.1) is 29.9 Å². The quantitative estimate of drug-likeness (QED) is 0.144. The molecule has 4 aliphatic rings. The Kier molecular flexibility index (Phi) is 11.6. The summed E-state index contributed by atoms with van der Waals surface area (Å²) in [6, 6.07) is 26.1. The van der Waals surface area contributed by atoms with Crippen LogP contribution in [0.2, 0.25) is 0 Å². The van der Waals surface area contributed by atoms with E-state index in [1.54, 1.807) is 29.0 Å². The number of anilines is 2.